The molecule has 6 heteroatoms. The van der Waals surface area contributed by atoms with Gasteiger partial charge in [0, 0.05) is 39.6 Å². The van der Waals surface area contributed by atoms with Crippen LogP contribution < -0.4 is 14.8 Å². The van der Waals surface area contributed by atoms with Crippen LogP contribution in [0, 0.1) is 0 Å². The Morgan fingerprint density at radius 3 is 2.70 bits per heavy atom. The summed E-state index contributed by atoms with van der Waals surface area (Å²) in [5.41, 5.74) is 2.50. The smallest absolute Gasteiger partial charge is 0.193 e. The highest BCUT2D eigenvalue weighted by Crippen LogP contribution is 2.28. The average molecular weight is 373 g/mol. The molecular formula is C21H32N4O2. The first-order valence-electron chi connectivity index (χ1n) is 9.40. The highest BCUT2D eigenvalue weighted by atomic mass is 16.5. The zero-order valence-corrected chi connectivity index (χ0v) is 17.2. The van der Waals surface area contributed by atoms with Crippen molar-refractivity contribution >= 4 is 5.96 Å². The van der Waals surface area contributed by atoms with Gasteiger partial charge in [-0.3, -0.25) is 4.99 Å². The van der Waals surface area contributed by atoms with E-state index < -0.39 is 0 Å². The summed E-state index contributed by atoms with van der Waals surface area (Å²) >= 11 is 0. The lowest BCUT2D eigenvalue weighted by Gasteiger charge is -2.22. The lowest BCUT2D eigenvalue weighted by molar-refractivity contribution is 0.310. The number of aromatic nitrogens is 1. The fourth-order valence-electron chi connectivity index (χ4n) is 3.00. The van der Waals surface area contributed by atoms with Crippen molar-refractivity contribution < 1.29 is 9.47 Å². The lowest BCUT2D eigenvalue weighted by atomic mass is 10.1. The second-order valence-electron chi connectivity index (χ2n) is 6.46. The molecule has 1 aromatic heterocycles. The molecular weight excluding hydrogens is 340 g/mol. The predicted octanol–water partition coefficient (Wildman–Crippen LogP) is 3.07. The van der Waals surface area contributed by atoms with Gasteiger partial charge in [0.05, 0.1) is 20.3 Å². The molecule has 0 atom stereocenters. The van der Waals surface area contributed by atoms with Crippen LogP contribution in [0.25, 0.3) is 0 Å². The van der Waals surface area contributed by atoms with Crippen molar-refractivity contribution in [2.45, 2.75) is 26.3 Å². The molecule has 1 heterocycles. The molecule has 0 saturated heterocycles. The summed E-state index contributed by atoms with van der Waals surface area (Å²) in [6, 6.07) is 10.3. The maximum absolute atomic E-state index is 5.65. The van der Waals surface area contributed by atoms with Gasteiger partial charge in [0.25, 0.3) is 0 Å². The second kappa shape index (κ2) is 10.5. The fourth-order valence-corrected chi connectivity index (χ4v) is 3.00. The lowest BCUT2D eigenvalue weighted by Crippen LogP contribution is -2.39. The Labute approximate surface area is 162 Å². The largest absolute Gasteiger partial charge is 0.493 e. The second-order valence-corrected chi connectivity index (χ2v) is 6.46. The predicted molar refractivity (Wildman–Crippen MR) is 111 cm³/mol. The van der Waals surface area contributed by atoms with E-state index in [2.05, 4.69) is 64.3 Å². The summed E-state index contributed by atoms with van der Waals surface area (Å²) in [6.07, 6.45) is 4.04. The third kappa shape index (κ3) is 5.94. The number of rotatable bonds is 9. The van der Waals surface area contributed by atoms with Crippen LogP contribution in [0.5, 0.6) is 11.5 Å². The van der Waals surface area contributed by atoms with Crippen LogP contribution in [0.3, 0.4) is 0 Å². The van der Waals surface area contributed by atoms with Crippen LogP contribution in [0.2, 0.25) is 0 Å². The van der Waals surface area contributed by atoms with E-state index in [4.69, 9.17) is 9.47 Å². The molecule has 1 aromatic carbocycles. The molecule has 2 rings (SSSR count). The van der Waals surface area contributed by atoms with Gasteiger partial charge in [0.2, 0.25) is 0 Å². The van der Waals surface area contributed by atoms with E-state index in [0.29, 0.717) is 6.61 Å². The Morgan fingerprint density at radius 1 is 1.26 bits per heavy atom. The molecule has 0 unspecified atom stereocenters. The van der Waals surface area contributed by atoms with E-state index in [1.165, 1.54) is 11.3 Å². The monoisotopic (exact) mass is 372 g/mol. The van der Waals surface area contributed by atoms with Crippen LogP contribution in [0.1, 0.15) is 24.6 Å². The molecule has 6 nitrogen and oxygen atoms in total. The first-order chi connectivity index (χ1) is 13.1. The van der Waals surface area contributed by atoms with Crippen LogP contribution in [0.4, 0.5) is 0 Å². The van der Waals surface area contributed by atoms with Crippen molar-refractivity contribution in [1.82, 2.24) is 14.8 Å². The van der Waals surface area contributed by atoms with Crippen molar-refractivity contribution in [1.29, 1.82) is 0 Å². The molecule has 1 N–H and O–H groups in total. The summed E-state index contributed by atoms with van der Waals surface area (Å²) in [4.78, 5) is 6.52. The van der Waals surface area contributed by atoms with Crippen molar-refractivity contribution in [2.24, 2.45) is 12.0 Å². The summed E-state index contributed by atoms with van der Waals surface area (Å²) in [5.74, 6) is 2.49. The highest BCUT2D eigenvalue weighted by molar-refractivity contribution is 5.79. The molecule has 0 radical (unpaired) electrons. The normalized spacial score (nSPS) is 11.4. The van der Waals surface area contributed by atoms with Crippen molar-refractivity contribution in [2.75, 3.05) is 34.4 Å². The standard InChI is InChI=1S/C21H32N4O2/c1-6-27-20-15-17(11-12-19(20)26-5)9-7-13-23-21(22-2)25(4)16-18-10-8-14-24(18)3/h8,10-12,14-15H,6-7,9,13,16H2,1-5H3,(H,22,23). The number of hydrogen-bond acceptors (Lipinski definition) is 3. The Hall–Kier alpha value is -2.63. The van der Waals surface area contributed by atoms with Crippen molar-refractivity contribution in [3.8, 4) is 11.5 Å². The molecule has 0 spiro atoms. The van der Waals surface area contributed by atoms with Gasteiger partial charge in [-0.1, -0.05) is 6.07 Å². The van der Waals surface area contributed by atoms with E-state index in [9.17, 15) is 0 Å². The van der Waals surface area contributed by atoms with Crippen LogP contribution in [-0.4, -0.2) is 49.8 Å². The Bertz CT molecular complexity index is 740. The van der Waals surface area contributed by atoms with Gasteiger partial charge >= 0.3 is 0 Å². The Morgan fingerprint density at radius 2 is 2.07 bits per heavy atom. The third-order valence-electron chi connectivity index (χ3n) is 4.48. The van der Waals surface area contributed by atoms with Crippen molar-refractivity contribution in [3.63, 3.8) is 0 Å². The number of methoxy groups -OCH3 is 1. The first kappa shape index (κ1) is 20.7. The zero-order valence-electron chi connectivity index (χ0n) is 17.2. The van der Waals surface area contributed by atoms with E-state index >= 15 is 0 Å². The highest BCUT2D eigenvalue weighted by Gasteiger charge is 2.09. The maximum atomic E-state index is 5.65. The molecule has 0 aliphatic rings. The van der Waals surface area contributed by atoms with Crippen molar-refractivity contribution in [3.05, 3.63) is 47.8 Å². The minimum absolute atomic E-state index is 0.630. The molecule has 0 aliphatic carbocycles. The number of benzene rings is 1. The molecule has 2 aromatic rings. The first-order valence-corrected chi connectivity index (χ1v) is 9.40. The van der Waals surface area contributed by atoms with E-state index in [1.54, 1.807) is 7.11 Å². The Balaban J connectivity index is 1.82. The number of aryl methyl sites for hydroxylation is 2. The minimum Gasteiger partial charge on any atom is -0.493 e. The van der Waals surface area contributed by atoms with Gasteiger partial charge in [-0.2, -0.15) is 0 Å². The SMILES string of the molecule is CCOc1cc(CCCNC(=NC)N(C)Cc2cccn2C)ccc1OC. The van der Waals surface area contributed by atoms with Gasteiger partial charge in [-0.15, -0.1) is 0 Å². The third-order valence-corrected chi connectivity index (χ3v) is 4.48. The minimum atomic E-state index is 0.630. The fraction of sp³-hybridized carbons (Fsp3) is 0.476. The quantitative estimate of drug-likeness (QED) is 0.418. The van der Waals surface area contributed by atoms with E-state index in [1.807, 2.05) is 20.0 Å². The average Bonchev–Trinajstić information content (AvgIpc) is 3.06. The molecule has 0 bridgehead atoms. The Kier molecular flexibility index (Phi) is 8.04. The number of guanidine groups is 1. The molecule has 0 aliphatic heterocycles. The topological polar surface area (TPSA) is 51.0 Å². The van der Waals surface area contributed by atoms with E-state index in [0.717, 1.165) is 43.4 Å². The summed E-state index contributed by atoms with van der Waals surface area (Å²) in [6.45, 7) is 4.29. The summed E-state index contributed by atoms with van der Waals surface area (Å²) < 4.78 is 13.1. The van der Waals surface area contributed by atoms with Crippen LogP contribution in [-0.2, 0) is 20.0 Å². The number of nitrogens with one attached hydrogen (secondary N) is 1. The molecule has 0 fully saturated rings. The number of ether oxygens (including phenoxy) is 2. The molecule has 148 valence electrons. The van der Waals surface area contributed by atoms with Gasteiger partial charge in [-0.25, -0.2) is 0 Å². The number of aliphatic imine (C=N–C) groups is 1. The zero-order chi connectivity index (χ0) is 19.6. The van der Waals surface area contributed by atoms with Gasteiger partial charge in [-0.05, 0) is 49.6 Å². The molecule has 27 heavy (non-hydrogen) atoms. The van der Waals surface area contributed by atoms with Gasteiger partial charge < -0.3 is 24.3 Å². The summed E-state index contributed by atoms with van der Waals surface area (Å²) in [7, 11) is 7.60. The molecule has 0 amide bonds. The maximum Gasteiger partial charge on any atom is 0.193 e. The van der Waals surface area contributed by atoms with Crippen LogP contribution >= 0.6 is 0 Å². The van der Waals surface area contributed by atoms with Crippen LogP contribution in [0.15, 0.2) is 41.5 Å². The molecule has 0 saturated carbocycles. The summed E-state index contributed by atoms with van der Waals surface area (Å²) in [5, 5.41) is 3.44. The van der Waals surface area contributed by atoms with Gasteiger partial charge in [0.15, 0.2) is 17.5 Å². The van der Waals surface area contributed by atoms with Gasteiger partial charge in [0.1, 0.15) is 0 Å². The number of nitrogens with zero attached hydrogens (tertiary/aromatic N) is 3. The van der Waals surface area contributed by atoms with E-state index in [-0.39, 0.29) is 0 Å². The number of hydrogen-bond donors (Lipinski definition) is 1.